The molecule has 0 aromatic heterocycles. The van der Waals surface area contributed by atoms with E-state index in [-0.39, 0.29) is 5.97 Å². The van der Waals surface area contributed by atoms with E-state index in [9.17, 15) is 4.79 Å². The van der Waals surface area contributed by atoms with Crippen molar-refractivity contribution in [2.24, 2.45) is 0 Å². The van der Waals surface area contributed by atoms with Crippen LogP contribution in [0.5, 0.6) is 0 Å². The quantitative estimate of drug-likeness (QED) is 0.0451. The molecule has 0 radical (unpaired) electrons. The Hall–Kier alpha value is -0.530. The lowest BCUT2D eigenvalue weighted by Crippen LogP contribution is -2.05. The highest BCUT2D eigenvalue weighted by Crippen LogP contribution is 2.18. The molecule has 0 unspecified atom stereocenters. The van der Waals surface area contributed by atoms with E-state index in [0.717, 1.165) is 12.8 Å². The lowest BCUT2D eigenvalue weighted by molar-refractivity contribution is -0.143. The highest BCUT2D eigenvalue weighted by Gasteiger charge is 2.03. The van der Waals surface area contributed by atoms with Crippen LogP contribution in [0.1, 0.15) is 348 Å². The van der Waals surface area contributed by atoms with E-state index < -0.39 is 0 Å². The lowest BCUT2D eigenvalue weighted by Gasteiger charge is -2.06. The van der Waals surface area contributed by atoms with Gasteiger partial charge in [-0.05, 0) is 12.8 Å². The van der Waals surface area contributed by atoms with Gasteiger partial charge >= 0.3 is 5.97 Å². The van der Waals surface area contributed by atoms with E-state index in [1.54, 1.807) is 0 Å². The minimum absolute atomic E-state index is 0.0352. The van der Waals surface area contributed by atoms with Gasteiger partial charge in [0.15, 0.2) is 0 Å². The zero-order valence-corrected chi connectivity index (χ0v) is 40.8. The molecule has 0 rings (SSSR count). The molecule has 58 heavy (non-hydrogen) atoms. The van der Waals surface area contributed by atoms with Crippen LogP contribution in [0.15, 0.2) is 0 Å². The van der Waals surface area contributed by atoms with E-state index in [1.807, 2.05) is 0 Å². The monoisotopic (exact) mass is 817 g/mol. The van der Waals surface area contributed by atoms with Crippen molar-refractivity contribution in [2.75, 3.05) is 6.61 Å². The molecule has 0 saturated carbocycles. The summed E-state index contributed by atoms with van der Waals surface area (Å²) in [6, 6.07) is 0. The number of carbonyl (C=O) groups is 1. The Morgan fingerprint density at radius 1 is 0.224 bits per heavy atom. The van der Waals surface area contributed by atoms with Crippen molar-refractivity contribution in [3.05, 3.63) is 0 Å². The highest BCUT2D eigenvalue weighted by atomic mass is 16.5. The van der Waals surface area contributed by atoms with Crippen LogP contribution in [-0.2, 0) is 9.53 Å². The number of hydrogen-bond acceptors (Lipinski definition) is 2. The summed E-state index contributed by atoms with van der Waals surface area (Å²) in [6.07, 6.45) is 72.8. The van der Waals surface area contributed by atoms with Gasteiger partial charge in [0.1, 0.15) is 0 Å². The maximum absolute atomic E-state index is 12.1. The molecular weight excluding hydrogens is 705 g/mol. The third kappa shape index (κ3) is 53.5. The van der Waals surface area contributed by atoms with Gasteiger partial charge in [-0.3, -0.25) is 4.79 Å². The second kappa shape index (κ2) is 54.5. The van der Waals surface area contributed by atoms with Crippen molar-refractivity contribution < 1.29 is 9.53 Å². The van der Waals surface area contributed by atoms with Crippen LogP contribution in [0.2, 0.25) is 0 Å². The Bertz CT molecular complexity index is 717. The second-order valence-electron chi connectivity index (χ2n) is 19.3. The van der Waals surface area contributed by atoms with Gasteiger partial charge in [0.2, 0.25) is 0 Å². The van der Waals surface area contributed by atoms with Gasteiger partial charge < -0.3 is 4.74 Å². The summed E-state index contributed by atoms with van der Waals surface area (Å²) in [5.41, 5.74) is 0. The number of carbonyl (C=O) groups excluding carboxylic acids is 1. The standard InChI is InChI=1S/C56H112O2/c1-3-5-7-9-11-13-15-17-19-21-23-24-25-26-27-28-29-30-31-32-33-34-35-36-38-40-42-44-46-48-50-52-54-56(57)58-55-53-51-49-47-45-43-41-39-37-22-20-18-16-14-12-10-8-6-4-2/h3-55H2,1-2H3. The summed E-state index contributed by atoms with van der Waals surface area (Å²) >= 11 is 0. The molecule has 0 aliphatic rings. The maximum Gasteiger partial charge on any atom is 0.305 e. The minimum atomic E-state index is 0.0352. The predicted octanol–water partition coefficient (Wildman–Crippen LogP) is 20.9. The highest BCUT2D eigenvalue weighted by molar-refractivity contribution is 5.69. The molecule has 0 spiro atoms. The summed E-state index contributed by atoms with van der Waals surface area (Å²) in [5.74, 6) is 0.0352. The fourth-order valence-electron chi connectivity index (χ4n) is 9.08. The van der Waals surface area contributed by atoms with Gasteiger partial charge in [-0.1, -0.05) is 328 Å². The summed E-state index contributed by atoms with van der Waals surface area (Å²) in [7, 11) is 0. The normalized spacial score (nSPS) is 11.6. The number of hydrogen-bond donors (Lipinski definition) is 0. The second-order valence-corrected chi connectivity index (χ2v) is 19.3. The molecule has 0 bridgehead atoms. The topological polar surface area (TPSA) is 26.3 Å². The molecule has 0 aliphatic heterocycles. The lowest BCUT2D eigenvalue weighted by atomic mass is 10.0. The van der Waals surface area contributed by atoms with E-state index in [0.29, 0.717) is 13.0 Å². The van der Waals surface area contributed by atoms with Crippen molar-refractivity contribution in [2.45, 2.75) is 348 Å². The molecule has 0 fully saturated rings. The first-order valence-electron chi connectivity index (χ1n) is 28.0. The first kappa shape index (κ1) is 57.5. The Balaban J connectivity index is 3.13. The van der Waals surface area contributed by atoms with E-state index in [2.05, 4.69) is 13.8 Å². The van der Waals surface area contributed by atoms with Crippen LogP contribution in [0.25, 0.3) is 0 Å². The maximum atomic E-state index is 12.1. The largest absolute Gasteiger partial charge is 0.466 e. The first-order valence-corrected chi connectivity index (χ1v) is 28.0. The van der Waals surface area contributed by atoms with Crippen LogP contribution >= 0.6 is 0 Å². The van der Waals surface area contributed by atoms with Crippen molar-refractivity contribution in [1.29, 1.82) is 0 Å². The molecule has 0 aliphatic carbocycles. The number of unbranched alkanes of at least 4 members (excludes halogenated alkanes) is 49. The van der Waals surface area contributed by atoms with Gasteiger partial charge in [-0.2, -0.15) is 0 Å². The first-order chi connectivity index (χ1) is 28.8. The molecular formula is C56H112O2. The molecule has 348 valence electrons. The molecule has 0 amide bonds. The van der Waals surface area contributed by atoms with Crippen LogP contribution < -0.4 is 0 Å². The third-order valence-electron chi connectivity index (χ3n) is 13.2. The molecule has 0 N–H and O–H groups in total. The summed E-state index contributed by atoms with van der Waals surface area (Å²) in [6.45, 7) is 5.24. The van der Waals surface area contributed by atoms with Crippen molar-refractivity contribution in [3.8, 4) is 0 Å². The molecule has 2 nitrogen and oxygen atoms in total. The van der Waals surface area contributed by atoms with Crippen LogP contribution in [0.4, 0.5) is 0 Å². The zero-order chi connectivity index (χ0) is 41.8. The van der Waals surface area contributed by atoms with Crippen LogP contribution in [0.3, 0.4) is 0 Å². The molecule has 0 aromatic rings. The molecule has 2 heteroatoms. The van der Waals surface area contributed by atoms with Gasteiger partial charge in [0.25, 0.3) is 0 Å². The number of ether oxygens (including phenoxy) is 1. The Morgan fingerprint density at radius 2 is 0.379 bits per heavy atom. The smallest absolute Gasteiger partial charge is 0.305 e. The number of esters is 1. The van der Waals surface area contributed by atoms with Crippen molar-refractivity contribution >= 4 is 5.97 Å². The van der Waals surface area contributed by atoms with Crippen molar-refractivity contribution in [1.82, 2.24) is 0 Å². The number of rotatable bonds is 53. The van der Waals surface area contributed by atoms with Crippen LogP contribution in [-0.4, -0.2) is 12.6 Å². The minimum Gasteiger partial charge on any atom is -0.466 e. The molecule has 0 saturated heterocycles. The van der Waals surface area contributed by atoms with Gasteiger partial charge in [0.05, 0.1) is 6.61 Å². The average Bonchev–Trinajstić information content (AvgIpc) is 3.23. The summed E-state index contributed by atoms with van der Waals surface area (Å²) in [4.78, 5) is 12.1. The Labute approximate surface area is 368 Å². The average molecular weight is 818 g/mol. The van der Waals surface area contributed by atoms with Gasteiger partial charge in [-0.25, -0.2) is 0 Å². The van der Waals surface area contributed by atoms with E-state index in [1.165, 1.54) is 315 Å². The molecule has 0 atom stereocenters. The predicted molar refractivity (Wildman–Crippen MR) is 262 cm³/mol. The van der Waals surface area contributed by atoms with Crippen molar-refractivity contribution in [3.63, 3.8) is 0 Å². The Kier molecular flexibility index (Phi) is 54.0. The fraction of sp³-hybridized carbons (Fsp3) is 0.982. The van der Waals surface area contributed by atoms with Gasteiger partial charge in [-0.15, -0.1) is 0 Å². The zero-order valence-electron chi connectivity index (χ0n) is 40.8. The van der Waals surface area contributed by atoms with E-state index >= 15 is 0 Å². The third-order valence-corrected chi connectivity index (χ3v) is 13.2. The van der Waals surface area contributed by atoms with Gasteiger partial charge in [0, 0.05) is 6.42 Å². The SMILES string of the molecule is CCCCCCCCCCCCCCCCCCCCCCCCCCCCCCCCCCC(=O)OCCCCCCCCCCCCCCCCCCCCC. The van der Waals surface area contributed by atoms with E-state index in [4.69, 9.17) is 4.74 Å². The Morgan fingerprint density at radius 3 is 0.569 bits per heavy atom. The molecule has 0 aromatic carbocycles. The fourth-order valence-corrected chi connectivity index (χ4v) is 9.08. The van der Waals surface area contributed by atoms with Crippen LogP contribution in [0, 0.1) is 0 Å². The molecule has 0 heterocycles. The summed E-state index contributed by atoms with van der Waals surface area (Å²) < 4.78 is 5.50. The summed E-state index contributed by atoms with van der Waals surface area (Å²) in [5, 5.41) is 0.